The van der Waals surface area contributed by atoms with Gasteiger partial charge in [-0.15, -0.1) is 0 Å². The van der Waals surface area contributed by atoms with Crippen LogP contribution in [0.1, 0.15) is 94.1 Å². The second-order valence-electron chi connectivity index (χ2n) is 11.3. The first-order valence-corrected chi connectivity index (χ1v) is 15.3. The highest BCUT2D eigenvalue weighted by atomic mass is 35.5. The second-order valence-corrected chi connectivity index (χ2v) is 12.8. The van der Waals surface area contributed by atoms with Gasteiger partial charge in [0, 0.05) is 31.5 Å². The molecule has 3 aliphatic carbocycles. The van der Waals surface area contributed by atoms with Gasteiger partial charge in [-0.1, -0.05) is 67.4 Å². The topological polar surface area (TPSA) is 86.5 Å². The number of esters is 1. The van der Waals surface area contributed by atoms with E-state index in [1.807, 2.05) is 12.1 Å². The fraction of sp³-hybridized carbons (Fsp3) is 0.364. The van der Waals surface area contributed by atoms with Crippen LogP contribution in [-0.4, -0.2) is 23.6 Å². The van der Waals surface area contributed by atoms with Gasteiger partial charge in [0.1, 0.15) is 6.10 Å². The lowest BCUT2D eigenvalue weighted by molar-refractivity contribution is -0.00586. The zero-order valence-corrected chi connectivity index (χ0v) is 24.0. The molecule has 2 saturated carbocycles. The van der Waals surface area contributed by atoms with E-state index in [0.29, 0.717) is 32.9 Å². The summed E-state index contributed by atoms with van der Waals surface area (Å²) in [5, 5.41) is 0.589. The van der Waals surface area contributed by atoms with Crippen molar-refractivity contribution in [2.24, 2.45) is 17.8 Å². The molecule has 0 heterocycles. The smallest absolute Gasteiger partial charge is 0.340 e. The van der Waals surface area contributed by atoms with Crippen molar-refractivity contribution in [3.05, 3.63) is 87.4 Å². The van der Waals surface area contributed by atoms with Crippen molar-refractivity contribution < 1.29 is 19.1 Å². The van der Waals surface area contributed by atoms with Crippen LogP contribution in [0.3, 0.4) is 0 Å². The van der Waals surface area contributed by atoms with Gasteiger partial charge < -0.3 is 10.5 Å². The quantitative estimate of drug-likeness (QED) is 0.192. The van der Waals surface area contributed by atoms with Crippen molar-refractivity contribution in [3.63, 3.8) is 0 Å². The molecule has 4 unspecified atom stereocenters. The third kappa shape index (κ3) is 4.97. The van der Waals surface area contributed by atoms with Crippen LogP contribution < -0.4 is 5.73 Å². The molecule has 0 bridgehead atoms. The highest BCUT2D eigenvalue weighted by Crippen LogP contribution is 2.45. The molecular formula is C33H32ClNO4S. The number of nitrogen functional groups attached to an aromatic ring is 1. The van der Waals surface area contributed by atoms with Crippen LogP contribution in [-0.2, 0) is 4.74 Å². The number of anilines is 1. The maximum atomic E-state index is 13.7. The van der Waals surface area contributed by atoms with Gasteiger partial charge in [-0.25, -0.2) is 4.79 Å². The van der Waals surface area contributed by atoms with Crippen LogP contribution in [0.15, 0.2) is 64.4 Å². The molecule has 0 radical (unpaired) electrons. The SMILES string of the molecule is CCC1CCC2CC(OC(=O)c3cc(Sc4ccc(Cl)cc4)c4c(c3N)C(=O)c3ccccc3C4=O)CCC2C1. The Morgan fingerprint density at radius 3 is 2.27 bits per heavy atom. The second kappa shape index (κ2) is 11.1. The lowest BCUT2D eigenvalue weighted by Gasteiger charge is -2.41. The van der Waals surface area contributed by atoms with Gasteiger partial charge in [-0.2, -0.15) is 0 Å². The molecule has 0 aromatic heterocycles. The first kappa shape index (κ1) is 27.1. The van der Waals surface area contributed by atoms with Crippen molar-refractivity contribution in [1.82, 2.24) is 0 Å². The number of nitrogens with two attached hydrogens (primary N) is 1. The summed E-state index contributed by atoms with van der Waals surface area (Å²) < 4.78 is 6.06. The summed E-state index contributed by atoms with van der Waals surface area (Å²) in [6.45, 7) is 2.28. The molecule has 6 rings (SSSR count). The molecule has 3 aromatic rings. The lowest BCUT2D eigenvalue weighted by Crippen LogP contribution is -2.35. The van der Waals surface area contributed by atoms with Crippen LogP contribution in [0.4, 0.5) is 5.69 Å². The Morgan fingerprint density at radius 1 is 0.925 bits per heavy atom. The molecular weight excluding hydrogens is 542 g/mol. The molecule has 7 heteroatoms. The van der Waals surface area contributed by atoms with E-state index in [4.69, 9.17) is 22.1 Å². The number of ether oxygens (including phenoxy) is 1. The first-order valence-electron chi connectivity index (χ1n) is 14.1. The minimum atomic E-state index is -0.539. The third-order valence-corrected chi connectivity index (χ3v) is 10.3. The largest absolute Gasteiger partial charge is 0.459 e. The van der Waals surface area contributed by atoms with Crippen molar-refractivity contribution in [3.8, 4) is 0 Å². The minimum absolute atomic E-state index is 0.00505. The molecule has 3 aliphatic rings. The maximum Gasteiger partial charge on any atom is 0.340 e. The van der Waals surface area contributed by atoms with E-state index >= 15 is 0 Å². The van der Waals surface area contributed by atoms with Crippen LogP contribution >= 0.6 is 23.4 Å². The van der Waals surface area contributed by atoms with Crippen molar-refractivity contribution in [2.45, 2.75) is 67.8 Å². The fourth-order valence-corrected chi connectivity index (χ4v) is 7.92. The first-order chi connectivity index (χ1) is 19.3. The average molecular weight is 574 g/mol. The summed E-state index contributed by atoms with van der Waals surface area (Å²) in [5.41, 5.74) is 7.61. The summed E-state index contributed by atoms with van der Waals surface area (Å²) in [6, 6.07) is 15.5. The normalized spacial score (nSPS) is 23.6. The number of rotatable bonds is 5. The van der Waals surface area contributed by atoms with Crippen molar-refractivity contribution in [2.75, 3.05) is 5.73 Å². The molecule has 0 spiro atoms. The number of halogens is 1. The van der Waals surface area contributed by atoms with Crippen molar-refractivity contribution >= 4 is 46.6 Å². The highest BCUT2D eigenvalue weighted by molar-refractivity contribution is 7.99. The van der Waals surface area contributed by atoms with Crippen LogP contribution in [0.25, 0.3) is 0 Å². The summed E-state index contributed by atoms with van der Waals surface area (Å²) in [7, 11) is 0. The third-order valence-electron chi connectivity index (χ3n) is 8.99. The molecule has 0 amide bonds. The molecule has 5 nitrogen and oxygen atoms in total. The van der Waals surface area contributed by atoms with Gasteiger partial charge in [0.2, 0.25) is 0 Å². The standard InChI is InChI=1S/C33H32ClNO4S/c1-2-18-7-8-20-16-22(12-9-19(20)15-18)39-33(38)26-17-27(40-23-13-10-21(34)11-14-23)28-29(30(26)35)32(37)25-6-4-3-5-24(25)31(28)36/h3-6,10-11,13-14,17-20,22H,2,7-9,12,15-16,35H2,1H3. The number of ketones is 2. The van der Waals surface area contributed by atoms with E-state index in [9.17, 15) is 14.4 Å². The van der Waals surface area contributed by atoms with Crippen LogP contribution in [0.5, 0.6) is 0 Å². The summed E-state index contributed by atoms with van der Waals surface area (Å²) in [6.07, 6.45) is 7.56. The Labute approximate surface area is 243 Å². The van der Waals surface area contributed by atoms with E-state index < -0.39 is 5.97 Å². The van der Waals surface area contributed by atoms with E-state index in [-0.39, 0.29) is 40.0 Å². The van der Waals surface area contributed by atoms with E-state index in [1.54, 1.807) is 42.5 Å². The van der Waals surface area contributed by atoms with E-state index in [1.165, 1.54) is 37.4 Å². The van der Waals surface area contributed by atoms with Gasteiger partial charge in [0.25, 0.3) is 0 Å². The number of carbonyl (C=O) groups is 3. The average Bonchev–Trinajstić information content (AvgIpc) is 2.97. The Bertz CT molecular complexity index is 1500. The molecule has 206 valence electrons. The predicted molar refractivity (Wildman–Crippen MR) is 157 cm³/mol. The zero-order valence-electron chi connectivity index (χ0n) is 22.5. The number of benzene rings is 3. The number of carbonyl (C=O) groups excluding carboxylic acids is 3. The Morgan fingerprint density at radius 2 is 1.57 bits per heavy atom. The van der Waals surface area contributed by atoms with Gasteiger partial charge in [-0.3, -0.25) is 9.59 Å². The fourth-order valence-electron chi connectivity index (χ4n) is 6.80. The van der Waals surface area contributed by atoms with Gasteiger partial charge in [0.15, 0.2) is 11.6 Å². The van der Waals surface area contributed by atoms with E-state index in [0.717, 1.165) is 30.1 Å². The zero-order chi connectivity index (χ0) is 28.0. The van der Waals surface area contributed by atoms with Crippen LogP contribution in [0.2, 0.25) is 5.02 Å². The molecule has 3 aromatic carbocycles. The molecule has 0 aliphatic heterocycles. The lowest BCUT2D eigenvalue weighted by atomic mass is 9.66. The van der Waals surface area contributed by atoms with Gasteiger partial charge >= 0.3 is 5.97 Å². The molecule has 40 heavy (non-hydrogen) atoms. The Balaban J connectivity index is 1.34. The van der Waals surface area contributed by atoms with Gasteiger partial charge in [-0.05, 0) is 80.2 Å². The molecule has 0 saturated heterocycles. The Kier molecular flexibility index (Phi) is 7.49. The number of fused-ring (bicyclic) bond motifs is 3. The monoisotopic (exact) mass is 573 g/mol. The number of hydrogen-bond acceptors (Lipinski definition) is 6. The summed E-state index contributed by atoms with van der Waals surface area (Å²) in [5.74, 6) is 0.939. The Hall–Kier alpha value is -3.09. The molecule has 4 atom stereocenters. The maximum absolute atomic E-state index is 13.7. The number of hydrogen-bond donors (Lipinski definition) is 1. The van der Waals surface area contributed by atoms with Crippen molar-refractivity contribution in [1.29, 1.82) is 0 Å². The van der Waals surface area contributed by atoms with Crippen LogP contribution in [0, 0.1) is 17.8 Å². The summed E-state index contributed by atoms with van der Waals surface area (Å²) in [4.78, 5) is 42.3. The van der Waals surface area contributed by atoms with Gasteiger partial charge in [0.05, 0.1) is 16.8 Å². The predicted octanol–water partition coefficient (Wildman–Crippen LogP) is 8.00. The summed E-state index contributed by atoms with van der Waals surface area (Å²) >= 11 is 7.38. The van der Waals surface area contributed by atoms with E-state index in [2.05, 4.69) is 6.92 Å². The molecule has 2 fully saturated rings. The minimum Gasteiger partial charge on any atom is -0.459 e. The highest BCUT2D eigenvalue weighted by Gasteiger charge is 2.39. The molecule has 2 N–H and O–H groups in total.